The Morgan fingerprint density at radius 1 is 0.781 bits per heavy atom. The summed E-state index contributed by atoms with van der Waals surface area (Å²) in [6, 6.07) is 28.5. The molecule has 0 spiro atoms. The van der Waals surface area contributed by atoms with E-state index in [0.717, 1.165) is 38.6 Å². The maximum Gasteiger partial charge on any atom is 0.155 e. The normalized spacial score (nSPS) is 12.4. The van der Waals surface area contributed by atoms with E-state index in [1.54, 1.807) is 0 Å². The predicted molar refractivity (Wildman–Crippen MR) is 129 cm³/mol. The van der Waals surface area contributed by atoms with Crippen LogP contribution in [0.4, 0.5) is 0 Å². The molecule has 0 bridgehead atoms. The van der Waals surface area contributed by atoms with Crippen LogP contribution in [-0.2, 0) is 4.84 Å². The van der Waals surface area contributed by atoms with Crippen molar-refractivity contribution in [1.29, 1.82) is 0 Å². The summed E-state index contributed by atoms with van der Waals surface area (Å²) in [7, 11) is 0. The average Bonchev–Trinajstić information content (AvgIpc) is 2.81. The highest BCUT2D eigenvalue weighted by molar-refractivity contribution is 5.86. The van der Waals surface area contributed by atoms with Gasteiger partial charge in [-0.1, -0.05) is 65.8 Å². The van der Waals surface area contributed by atoms with Gasteiger partial charge >= 0.3 is 0 Å². The maximum atomic E-state index is 6.35. The molecular formula is C28H24N2O2. The average molecular weight is 421 g/mol. The summed E-state index contributed by atoms with van der Waals surface area (Å²) in [4.78, 5) is 10.4. The van der Waals surface area contributed by atoms with Crippen LogP contribution in [0.3, 0.4) is 0 Å². The fourth-order valence-corrected chi connectivity index (χ4v) is 3.58. The minimum Gasteiger partial charge on any atom is -0.454 e. The number of fused-ring (bicyclic) bond motifs is 2. The van der Waals surface area contributed by atoms with Gasteiger partial charge in [0.2, 0.25) is 0 Å². The van der Waals surface area contributed by atoms with Gasteiger partial charge in [-0.3, -0.25) is 4.98 Å². The lowest BCUT2D eigenvalue weighted by atomic mass is 10.0. The van der Waals surface area contributed by atoms with E-state index in [2.05, 4.69) is 34.4 Å². The van der Waals surface area contributed by atoms with E-state index in [1.807, 2.05) is 87.6 Å². The third kappa shape index (κ3) is 4.12. The van der Waals surface area contributed by atoms with E-state index in [9.17, 15) is 0 Å². The zero-order chi connectivity index (χ0) is 22.1. The molecule has 0 aliphatic heterocycles. The van der Waals surface area contributed by atoms with Crippen LogP contribution in [0.2, 0.25) is 0 Å². The van der Waals surface area contributed by atoms with Crippen molar-refractivity contribution < 1.29 is 9.25 Å². The highest BCUT2D eigenvalue weighted by atomic mass is 16.6. The third-order valence-electron chi connectivity index (χ3n) is 5.15. The molecule has 158 valence electrons. The van der Waals surface area contributed by atoms with Gasteiger partial charge in [0.15, 0.2) is 5.76 Å². The second-order valence-electron chi connectivity index (χ2n) is 8.78. The SMILES string of the molecule is CC(C)(C)O/N=c1/cc(-c2cc3ccccc3cn2)oc2cc(-c3ccccc3)ccc12. The molecule has 3 aromatic carbocycles. The molecule has 0 saturated carbocycles. The van der Waals surface area contributed by atoms with Gasteiger partial charge in [0.05, 0.1) is 0 Å². The Kier molecular flexibility index (Phi) is 4.98. The summed E-state index contributed by atoms with van der Waals surface area (Å²) in [6.45, 7) is 5.93. The van der Waals surface area contributed by atoms with Gasteiger partial charge in [-0.05, 0) is 55.5 Å². The Morgan fingerprint density at radius 2 is 1.53 bits per heavy atom. The molecule has 32 heavy (non-hydrogen) atoms. The second-order valence-corrected chi connectivity index (χ2v) is 8.78. The molecule has 0 aliphatic carbocycles. The van der Waals surface area contributed by atoms with Crippen molar-refractivity contribution in [1.82, 2.24) is 4.98 Å². The standard InChI is InChI=1S/C28H24N2O2/c1-28(2,3)32-30-24-17-27(25-15-20-11-7-8-12-22(20)18-29-25)31-26-16-21(13-14-23(24)26)19-9-5-4-6-10-19/h4-18H,1-3H3/b30-24-. The Labute approximate surface area is 186 Å². The van der Waals surface area contributed by atoms with Crippen LogP contribution < -0.4 is 5.36 Å². The molecule has 5 rings (SSSR count). The van der Waals surface area contributed by atoms with E-state index in [4.69, 9.17) is 9.25 Å². The molecule has 0 N–H and O–H groups in total. The van der Waals surface area contributed by atoms with E-state index < -0.39 is 5.60 Å². The topological polar surface area (TPSA) is 47.6 Å². The van der Waals surface area contributed by atoms with Gasteiger partial charge in [0.25, 0.3) is 0 Å². The van der Waals surface area contributed by atoms with Crippen LogP contribution in [0.5, 0.6) is 0 Å². The van der Waals surface area contributed by atoms with Crippen LogP contribution in [0.1, 0.15) is 20.8 Å². The summed E-state index contributed by atoms with van der Waals surface area (Å²) in [5.41, 5.74) is 3.29. The first-order chi connectivity index (χ1) is 15.5. The van der Waals surface area contributed by atoms with Crippen molar-refractivity contribution in [2.75, 3.05) is 0 Å². The smallest absolute Gasteiger partial charge is 0.155 e. The van der Waals surface area contributed by atoms with Gasteiger partial charge in [-0.15, -0.1) is 0 Å². The number of hydrogen-bond acceptors (Lipinski definition) is 4. The minimum absolute atomic E-state index is 0.398. The van der Waals surface area contributed by atoms with Crippen molar-refractivity contribution in [3.8, 4) is 22.6 Å². The molecule has 2 heterocycles. The number of pyridine rings is 1. The predicted octanol–water partition coefficient (Wildman–Crippen LogP) is 6.95. The van der Waals surface area contributed by atoms with E-state index in [-0.39, 0.29) is 0 Å². The second kappa shape index (κ2) is 7.97. The Hall–Kier alpha value is -3.92. The molecule has 0 saturated heterocycles. The number of benzene rings is 3. The summed E-state index contributed by atoms with van der Waals surface area (Å²) in [5, 5.41) is 8.26. The maximum absolute atomic E-state index is 6.35. The Balaban J connectivity index is 1.72. The molecule has 0 atom stereocenters. The molecule has 0 unspecified atom stereocenters. The van der Waals surface area contributed by atoms with Crippen LogP contribution in [0.15, 0.2) is 101 Å². The van der Waals surface area contributed by atoms with Gasteiger partial charge < -0.3 is 9.25 Å². The third-order valence-corrected chi connectivity index (χ3v) is 5.15. The minimum atomic E-state index is -0.398. The first kappa shape index (κ1) is 20.0. The van der Waals surface area contributed by atoms with E-state index in [0.29, 0.717) is 11.1 Å². The van der Waals surface area contributed by atoms with Gasteiger partial charge in [0, 0.05) is 23.0 Å². The summed E-state index contributed by atoms with van der Waals surface area (Å²) >= 11 is 0. The highest BCUT2D eigenvalue weighted by Gasteiger charge is 2.13. The lowest BCUT2D eigenvalue weighted by Gasteiger charge is -2.15. The van der Waals surface area contributed by atoms with Crippen molar-refractivity contribution in [3.63, 3.8) is 0 Å². The molecule has 5 aromatic rings. The van der Waals surface area contributed by atoms with Gasteiger partial charge in [-0.2, -0.15) is 0 Å². The summed E-state index contributed by atoms with van der Waals surface area (Å²) in [6.07, 6.45) is 1.87. The van der Waals surface area contributed by atoms with Crippen LogP contribution in [0.25, 0.3) is 44.3 Å². The number of nitrogens with zero attached hydrogens (tertiary/aromatic N) is 2. The lowest BCUT2D eigenvalue weighted by Crippen LogP contribution is -2.18. The summed E-state index contributed by atoms with van der Waals surface area (Å²) in [5.74, 6) is 0.643. The number of rotatable bonds is 3. The summed E-state index contributed by atoms with van der Waals surface area (Å²) < 4.78 is 6.35. The van der Waals surface area contributed by atoms with Crippen molar-refractivity contribution in [3.05, 3.63) is 96.5 Å². The number of hydrogen-bond donors (Lipinski definition) is 0. The Morgan fingerprint density at radius 3 is 2.31 bits per heavy atom. The van der Waals surface area contributed by atoms with Gasteiger partial charge in [-0.25, -0.2) is 0 Å². The van der Waals surface area contributed by atoms with E-state index in [1.165, 1.54) is 0 Å². The van der Waals surface area contributed by atoms with Gasteiger partial charge in [0.1, 0.15) is 22.2 Å². The van der Waals surface area contributed by atoms with Crippen molar-refractivity contribution in [2.45, 2.75) is 26.4 Å². The molecule has 4 heteroatoms. The monoisotopic (exact) mass is 420 g/mol. The largest absolute Gasteiger partial charge is 0.454 e. The molecule has 2 aromatic heterocycles. The lowest BCUT2D eigenvalue weighted by molar-refractivity contribution is -0.00585. The molecule has 0 radical (unpaired) electrons. The van der Waals surface area contributed by atoms with E-state index >= 15 is 0 Å². The molecule has 4 nitrogen and oxygen atoms in total. The molecule has 0 aliphatic rings. The van der Waals surface area contributed by atoms with Crippen molar-refractivity contribution >= 4 is 21.7 Å². The first-order valence-corrected chi connectivity index (χ1v) is 10.7. The first-order valence-electron chi connectivity index (χ1n) is 10.7. The zero-order valence-corrected chi connectivity index (χ0v) is 18.4. The zero-order valence-electron chi connectivity index (χ0n) is 18.4. The van der Waals surface area contributed by atoms with Crippen LogP contribution in [-0.4, -0.2) is 10.6 Å². The molecule has 0 fully saturated rings. The quantitative estimate of drug-likeness (QED) is 0.297. The fraction of sp³-hybridized carbons (Fsp3) is 0.143. The Bertz CT molecular complexity index is 1480. The molecule has 0 amide bonds. The van der Waals surface area contributed by atoms with Crippen LogP contribution >= 0.6 is 0 Å². The fourth-order valence-electron chi connectivity index (χ4n) is 3.58. The van der Waals surface area contributed by atoms with Crippen LogP contribution in [0, 0.1) is 0 Å². The molecular weight excluding hydrogens is 396 g/mol. The van der Waals surface area contributed by atoms with Crippen molar-refractivity contribution in [2.24, 2.45) is 5.16 Å². The number of aromatic nitrogens is 1. The highest BCUT2D eigenvalue weighted by Crippen LogP contribution is 2.27.